The summed E-state index contributed by atoms with van der Waals surface area (Å²) in [5.74, 6) is -0.481. The summed E-state index contributed by atoms with van der Waals surface area (Å²) in [6, 6.07) is 11.6. The van der Waals surface area contributed by atoms with Gasteiger partial charge in [0, 0.05) is 35.8 Å². The van der Waals surface area contributed by atoms with Gasteiger partial charge in [0.1, 0.15) is 0 Å². The second-order valence-electron chi connectivity index (χ2n) is 6.47. The summed E-state index contributed by atoms with van der Waals surface area (Å²) in [5.41, 5.74) is 2.51. The first kappa shape index (κ1) is 17.6. The highest BCUT2D eigenvalue weighted by Crippen LogP contribution is 2.23. The molecule has 2 aromatic carbocycles. The number of hydrogen-bond donors (Lipinski definition) is 1. The number of aryl methyl sites for hydroxylation is 2. The molecule has 0 unspecified atom stereocenters. The molecule has 1 fully saturated rings. The van der Waals surface area contributed by atoms with Gasteiger partial charge in [0.25, 0.3) is 11.6 Å². The van der Waals surface area contributed by atoms with Crippen LogP contribution in [-0.2, 0) is 4.79 Å². The normalized spacial score (nSPS) is 16.6. The number of carbonyl (C=O) groups is 2. The zero-order valence-electron chi connectivity index (χ0n) is 14.6. The lowest BCUT2D eigenvalue weighted by Gasteiger charge is -2.17. The number of hydrogen-bond acceptors (Lipinski definition) is 4. The van der Waals surface area contributed by atoms with Crippen LogP contribution < -0.4 is 10.2 Å². The van der Waals surface area contributed by atoms with Crippen LogP contribution >= 0.6 is 0 Å². The first-order valence-electron chi connectivity index (χ1n) is 8.28. The van der Waals surface area contributed by atoms with Crippen LogP contribution in [0.5, 0.6) is 0 Å². The number of rotatable bonds is 4. The Labute approximate surface area is 150 Å². The molecule has 134 valence electrons. The van der Waals surface area contributed by atoms with Gasteiger partial charge in [-0.1, -0.05) is 23.8 Å². The minimum absolute atomic E-state index is 0.0611. The van der Waals surface area contributed by atoms with E-state index in [1.54, 1.807) is 24.0 Å². The Morgan fingerprint density at radius 1 is 1.19 bits per heavy atom. The van der Waals surface area contributed by atoms with Crippen LogP contribution in [0.2, 0.25) is 0 Å². The summed E-state index contributed by atoms with van der Waals surface area (Å²) in [4.78, 5) is 36.8. The lowest BCUT2D eigenvalue weighted by Crippen LogP contribution is -2.37. The number of nitrogens with one attached hydrogen (secondary N) is 1. The molecular formula is C19H19N3O4. The highest BCUT2D eigenvalue weighted by Gasteiger charge is 2.32. The summed E-state index contributed by atoms with van der Waals surface area (Å²) in [7, 11) is 0. The minimum Gasteiger partial charge on any atom is -0.347 e. The van der Waals surface area contributed by atoms with Gasteiger partial charge in [0.2, 0.25) is 5.91 Å². The second-order valence-corrected chi connectivity index (χ2v) is 6.47. The van der Waals surface area contributed by atoms with Gasteiger partial charge in [0.15, 0.2) is 0 Å². The quantitative estimate of drug-likeness (QED) is 0.676. The van der Waals surface area contributed by atoms with Crippen molar-refractivity contribution in [2.75, 3.05) is 11.4 Å². The summed E-state index contributed by atoms with van der Waals surface area (Å²) >= 11 is 0. The van der Waals surface area contributed by atoms with Crippen molar-refractivity contribution < 1.29 is 14.5 Å². The lowest BCUT2D eigenvalue weighted by molar-refractivity contribution is -0.385. The first-order valence-corrected chi connectivity index (χ1v) is 8.28. The van der Waals surface area contributed by atoms with Gasteiger partial charge in [-0.15, -0.1) is 0 Å². The third-order valence-electron chi connectivity index (χ3n) is 4.47. The average molecular weight is 353 g/mol. The van der Waals surface area contributed by atoms with Crippen LogP contribution in [0.25, 0.3) is 0 Å². The van der Waals surface area contributed by atoms with E-state index in [4.69, 9.17) is 0 Å². The van der Waals surface area contributed by atoms with Gasteiger partial charge < -0.3 is 10.2 Å². The number of anilines is 1. The van der Waals surface area contributed by atoms with Crippen molar-refractivity contribution >= 4 is 23.2 Å². The Balaban J connectivity index is 1.71. The molecule has 0 bridgehead atoms. The fourth-order valence-electron chi connectivity index (χ4n) is 2.99. The van der Waals surface area contributed by atoms with Gasteiger partial charge in [-0.25, -0.2) is 0 Å². The number of nitrogens with zero attached hydrogens (tertiary/aromatic N) is 2. The predicted molar refractivity (Wildman–Crippen MR) is 97.2 cm³/mol. The molecule has 2 amide bonds. The highest BCUT2D eigenvalue weighted by molar-refractivity contribution is 5.99. The average Bonchev–Trinajstić information content (AvgIpc) is 2.96. The number of nitro benzene ring substituents is 1. The van der Waals surface area contributed by atoms with Gasteiger partial charge in [-0.05, 0) is 32.0 Å². The third-order valence-corrected chi connectivity index (χ3v) is 4.47. The third kappa shape index (κ3) is 3.56. The Bertz CT molecular complexity index is 877. The topological polar surface area (TPSA) is 92.6 Å². The van der Waals surface area contributed by atoms with E-state index in [9.17, 15) is 19.7 Å². The molecule has 1 atom stereocenters. The molecule has 0 aliphatic carbocycles. The fraction of sp³-hybridized carbons (Fsp3) is 0.263. The van der Waals surface area contributed by atoms with Crippen molar-refractivity contribution in [2.45, 2.75) is 26.3 Å². The molecule has 1 aliphatic rings. The Morgan fingerprint density at radius 3 is 2.54 bits per heavy atom. The van der Waals surface area contributed by atoms with Crippen molar-refractivity contribution in [3.63, 3.8) is 0 Å². The maximum Gasteiger partial charge on any atom is 0.273 e. The first-order chi connectivity index (χ1) is 12.3. The van der Waals surface area contributed by atoms with E-state index >= 15 is 0 Å². The molecule has 7 nitrogen and oxygen atoms in total. The standard InChI is InChI=1S/C19H19N3O4/c1-12-3-7-16(8-4-12)21-11-15(10-18(21)23)20-19(24)14-6-5-13(2)17(9-14)22(25)26/h3-9,15H,10-11H2,1-2H3,(H,20,24)/t15-/m0/s1. The number of carbonyl (C=O) groups excluding carboxylic acids is 2. The van der Waals surface area contributed by atoms with Crippen molar-refractivity contribution in [1.82, 2.24) is 5.32 Å². The SMILES string of the molecule is Cc1ccc(N2C[C@@H](NC(=O)c3ccc(C)c([N+](=O)[O-])c3)CC2=O)cc1. The summed E-state index contributed by atoms with van der Waals surface area (Å²) in [6.45, 7) is 3.97. The van der Waals surface area contributed by atoms with Gasteiger partial charge >= 0.3 is 0 Å². The monoisotopic (exact) mass is 353 g/mol. The van der Waals surface area contributed by atoms with E-state index in [0.717, 1.165) is 11.3 Å². The zero-order valence-corrected chi connectivity index (χ0v) is 14.6. The zero-order chi connectivity index (χ0) is 18.8. The molecule has 0 spiro atoms. The van der Waals surface area contributed by atoms with Crippen LogP contribution in [0.15, 0.2) is 42.5 Å². The van der Waals surface area contributed by atoms with Crippen LogP contribution in [0.4, 0.5) is 11.4 Å². The lowest BCUT2D eigenvalue weighted by atomic mass is 10.1. The molecule has 1 N–H and O–H groups in total. The maximum atomic E-state index is 12.4. The predicted octanol–water partition coefficient (Wildman–Crippen LogP) is 2.75. The molecule has 1 aliphatic heterocycles. The van der Waals surface area contributed by atoms with E-state index in [-0.39, 0.29) is 29.6 Å². The molecule has 2 aromatic rings. The summed E-state index contributed by atoms with van der Waals surface area (Å²) < 4.78 is 0. The molecule has 0 aromatic heterocycles. The Kier molecular flexibility index (Phi) is 4.71. The van der Waals surface area contributed by atoms with Crippen molar-refractivity contribution in [2.24, 2.45) is 0 Å². The van der Waals surface area contributed by atoms with Gasteiger partial charge in [-0.2, -0.15) is 0 Å². The van der Waals surface area contributed by atoms with Gasteiger partial charge in [-0.3, -0.25) is 19.7 Å². The smallest absolute Gasteiger partial charge is 0.273 e. The van der Waals surface area contributed by atoms with Crippen molar-refractivity contribution in [3.05, 3.63) is 69.3 Å². The molecule has 0 radical (unpaired) electrons. The fourth-order valence-corrected chi connectivity index (χ4v) is 2.99. The molecular weight excluding hydrogens is 334 g/mol. The van der Waals surface area contributed by atoms with E-state index in [1.807, 2.05) is 31.2 Å². The molecule has 1 saturated heterocycles. The van der Waals surface area contributed by atoms with Crippen LogP contribution in [0.3, 0.4) is 0 Å². The van der Waals surface area contributed by atoms with Crippen LogP contribution in [0.1, 0.15) is 27.9 Å². The van der Waals surface area contributed by atoms with E-state index in [2.05, 4.69) is 5.32 Å². The summed E-state index contributed by atoms with van der Waals surface area (Å²) in [6.07, 6.45) is 0.202. The number of benzene rings is 2. The number of nitro groups is 1. The molecule has 7 heteroatoms. The van der Waals surface area contributed by atoms with Crippen LogP contribution in [-0.4, -0.2) is 29.3 Å². The maximum absolute atomic E-state index is 12.4. The van der Waals surface area contributed by atoms with Crippen molar-refractivity contribution in [3.8, 4) is 0 Å². The minimum atomic E-state index is -0.510. The molecule has 26 heavy (non-hydrogen) atoms. The van der Waals surface area contributed by atoms with Crippen LogP contribution in [0, 0.1) is 24.0 Å². The molecule has 0 saturated carbocycles. The molecule has 3 rings (SSSR count). The highest BCUT2D eigenvalue weighted by atomic mass is 16.6. The van der Waals surface area contributed by atoms with E-state index in [0.29, 0.717) is 12.1 Å². The Morgan fingerprint density at radius 2 is 1.88 bits per heavy atom. The number of amides is 2. The largest absolute Gasteiger partial charge is 0.347 e. The van der Waals surface area contributed by atoms with E-state index < -0.39 is 10.8 Å². The second kappa shape index (κ2) is 6.95. The Hall–Kier alpha value is -3.22. The van der Waals surface area contributed by atoms with Crippen molar-refractivity contribution in [1.29, 1.82) is 0 Å². The molecule has 1 heterocycles. The van der Waals surface area contributed by atoms with Gasteiger partial charge in [0.05, 0.1) is 11.0 Å². The summed E-state index contributed by atoms with van der Waals surface area (Å²) in [5, 5.41) is 13.8. The van der Waals surface area contributed by atoms with E-state index in [1.165, 1.54) is 6.07 Å².